The van der Waals surface area contributed by atoms with Gasteiger partial charge in [-0.25, -0.2) is 0 Å². The number of nitrogens with zero attached hydrogens (tertiary/aromatic N) is 1. The average Bonchev–Trinajstić information content (AvgIpc) is 2.23. The fourth-order valence-electron chi connectivity index (χ4n) is 2.01. The van der Waals surface area contributed by atoms with E-state index in [0.717, 1.165) is 30.6 Å². The summed E-state index contributed by atoms with van der Waals surface area (Å²) in [7, 11) is 0. The van der Waals surface area contributed by atoms with Crippen LogP contribution in [0.25, 0.3) is 0 Å². The van der Waals surface area contributed by atoms with Crippen LogP contribution in [0.2, 0.25) is 0 Å². The van der Waals surface area contributed by atoms with Crippen molar-refractivity contribution in [2.45, 2.75) is 25.8 Å². The molecule has 3 nitrogen and oxygen atoms in total. The molecule has 2 N–H and O–H groups in total. The zero-order valence-corrected chi connectivity index (χ0v) is 8.94. The second-order valence-corrected chi connectivity index (χ2v) is 4.03. The zero-order chi connectivity index (χ0) is 10.8. The van der Waals surface area contributed by atoms with Crippen LogP contribution in [0.4, 0.5) is 5.69 Å². The summed E-state index contributed by atoms with van der Waals surface area (Å²) in [5.74, 6) is 0.0514. The van der Waals surface area contributed by atoms with Gasteiger partial charge in [-0.2, -0.15) is 0 Å². The Hall–Kier alpha value is -1.35. The van der Waals surface area contributed by atoms with Crippen molar-refractivity contribution in [1.29, 1.82) is 0 Å². The minimum Gasteiger partial charge on any atom is -0.320 e. The summed E-state index contributed by atoms with van der Waals surface area (Å²) in [4.78, 5) is 13.7. The first kappa shape index (κ1) is 10.2. The van der Waals surface area contributed by atoms with Gasteiger partial charge in [0.05, 0.1) is 6.04 Å². The number of piperidine rings is 1. The zero-order valence-electron chi connectivity index (χ0n) is 8.94. The molecular formula is C12H16N2O. The van der Waals surface area contributed by atoms with E-state index in [-0.39, 0.29) is 11.9 Å². The predicted molar refractivity (Wildman–Crippen MR) is 60.7 cm³/mol. The van der Waals surface area contributed by atoms with Crippen LogP contribution in [-0.2, 0) is 4.79 Å². The summed E-state index contributed by atoms with van der Waals surface area (Å²) in [6.07, 6.45) is 1.79. The molecule has 1 amide bonds. The summed E-state index contributed by atoms with van der Waals surface area (Å²) in [5, 5.41) is 0. The topological polar surface area (TPSA) is 46.3 Å². The number of anilines is 1. The fraction of sp³-hybridized carbons (Fsp3) is 0.417. The Morgan fingerprint density at radius 3 is 2.87 bits per heavy atom. The quantitative estimate of drug-likeness (QED) is 0.752. The molecule has 1 aromatic rings. The second kappa shape index (κ2) is 4.03. The number of para-hydroxylation sites is 1. The largest absolute Gasteiger partial charge is 0.320 e. The SMILES string of the molecule is Cc1ccccc1N1CCCC(N)C1=O. The molecule has 1 heterocycles. The molecule has 2 rings (SSSR count). The molecule has 0 saturated carbocycles. The van der Waals surface area contributed by atoms with Gasteiger partial charge in [-0.05, 0) is 31.4 Å². The first-order valence-electron chi connectivity index (χ1n) is 5.33. The van der Waals surface area contributed by atoms with E-state index in [1.807, 2.05) is 36.1 Å². The Labute approximate surface area is 89.9 Å². The van der Waals surface area contributed by atoms with Gasteiger partial charge in [0.15, 0.2) is 0 Å². The van der Waals surface area contributed by atoms with E-state index in [1.54, 1.807) is 0 Å². The molecular weight excluding hydrogens is 188 g/mol. The van der Waals surface area contributed by atoms with Gasteiger partial charge in [0.25, 0.3) is 0 Å². The maximum Gasteiger partial charge on any atom is 0.243 e. The van der Waals surface area contributed by atoms with Crippen molar-refractivity contribution < 1.29 is 4.79 Å². The van der Waals surface area contributed by atoms with Crippen LogP contribution in [0, 0.1) is 6.92 Å². The molecule has 1 saturated heterocycles. The van der Waals surface area contributed by atoms with Crippen molar-refractivity contribution in [3.63, 3.8) is 0 Å². The van der Waals surface area contributed by atoms with Gasteiger partial charge in [-0.3, -0.25) is 4.79 Å². The molecule has 80 valence electrons. The number of carbonyl (C=O) groups is 1. The molecule has 0 aromatic heterocycles. The highest BCUT2D eigenvalue weighted by molar-refractivity contribution is 5.98. The highest BCUT2D eigenvalue weighted by Crippen LogP contribution is 2.23. The Kier molecular flexibility index (Phi) is 2.73. The lowest BCUT2D eigenvalue weighted by atomic mass is 10.0. The van der Waals surface area contributed by atoms with E-state index in [0.29, 0.717) is 0 Å². The van der Waals surface area contributed by atoms with Crippen molar-refractivity contribution in [3.05, 3.63) is 29.8 Å². The van der Waals surface area contributed by atoms with Crippen LogP contribution < -0.4 is 10.6 Å². The van der Waals surface area contributed by atoms with Crippen molar-refractivity contribution in [3.8, 4) is 0 Å². The molecule has 1 aromatic carbocycles. The van der Waals surface area contributed by atoms with E-state index in [2.05, 4.69) is 0 Å². The summed E-state index contributed by atoms with van der Waals surface area (Å²) >= 11 is 0. The molecule has 0 radical (unpaired) electrons. The van der Waals surface area contributed by atoms with E-state index in [1.165, 1.54) is 0 Å². The fourth-order valence-corrected chi connectivity index (χ4v) is 2.01. The molecule has 1 aliphatic heterocycles. The number of hydrogen-bond acceptors (Lipinski definition) is 2. The molecule has 0 bridgehead atoms. The highest BCUT2D eigenvalue weighted by atomic mass is 16.2. The summed E-state index contributed by atoms with van der Waals surface area (Å²) in [5.41, 5.74) is 7.89. The molecule has 3 heteroatoms. The predicted octanol–water partition coefficient (Wildman–Crippen LogP) is 1.45. The molecule has 1 atom stereocenters. The Morgan fingerprint density at radius 1 is 1.40 bits per heavy atom. The summed E-state index contributed by atoms with van der Waals surface area (Å²) in [6.45, 7) is 2.81. The van der Waals surface area contributed by atoms with Gasteiger partial charge < -0.3 is 10.6 Å². The number of rotatable bonds is 1. The van der Waals surface area contributed by atoms with Crippen LogP contribution >= 0.6 is 0 Å². The Morgan fingerprint density at radius 2 is 2.13 bits per heavy atom. The van der Waals surface area contributed by atoms with Crippen molar-refractivity contribution in [2.24, 2.45) is 5.73 Å². The molecule has 0 aliphatic carbocycles. The van der Waals surface area contributed by atoms with Gasteiger partial charge in [0.1, 0.15) is 0 Å². The molecule has 1 aliphatic rings. The highest BCUT2D eigenvalue weighted by Gasteiger charge is 2.27. The normalized spacial score (nSPS) is 21.9. The van der Waals surface area contributed by atoms with Crippen molar-refractivity contribution in [1.82, 2.24) is 0 Å². The van der Waals surface area contributed by atoms with E-state index in [9.17, 15) is 4.79 Å². The van der Waals surface area contributed by atoms with Gasteiger partial charge in [-0.15, -0.1) is 0 Å². The summed E-state index contributed by atoms with van der Waals surface area (Å²) < 4.78 is 0. The number of nitrogens with two attached hydrogens (primary N) is 1. The number of amides is 1. The van der Waals surface area contributed by atoms with Crippen molar-refractivity contribution in [2.75, 3.05) is 11.4 Å². The third-order valence-electron chi connectivity index (χ3n) is 2.89. The third-order valence-corrected chi connectivity index (χ3v) is 2.89. The maximum absolute atomic E-state index is 11.9. The Bertz CT molecular complexity index is 376. The first-order valence-corrected chi connectivity index (χ1v) is 5.33. The molecule has 1 fully saturated rings. The first-order chi connectivity index (χ1) is 7.20. The molecule has 1 unspecified atom stereocenters. The van der Waals surface area contributed by atoms with Crippen LogP contribution in [0.15, 0.2) is 24.3 Å². The average molecular weight is 204 g/mol. The Balaban J connectivity index is 2.30. The standard InChI is InChI=1S/C12H16N2O/c1-9-5-2-3-7-11(9)14-8-4-6-10(13)12(14)15/h2-3,5,7,10H,4,6,8,13H2,1H3. The minimum atomic E-state index is -0.321. The van der Waals surface area contributed by atoms with Crippen LogP contribution in [0.3, 0.4) is 0 Å². The number of hydrogen-bond donors (Lipinski definition) is 1. The molecule has 15 heavy (non-hydrogen) atoms. The van der Waals surface area contributed by atoms with E-state index < -0.39 is 0 Å². The van der Waals surface area contributed by atoms with Gasteiger partial charge in [0.2, 0.25) is 5.91 Å². The lowest BCUT2D eigenvalue weighted by Gasteiger charge is -2.31. The maximum atomic E-state index is 11.9. The minimum absolute atomic E-state index is 0.0514. The van der Waals surface area contributed by atoms with E-state index in [4.69, 9.17) is 5.73 Å². The van der Waals surface area contributed by atoms with Gasteiger partial charge in [-0.1, -0.05) is 18.2 Å². The van der Waals surface area contributed by atoms with Crippen LogP contribution in [0.1, 0.15) is 18.4 Å². The molecule has 0 spiro atoms. The van der Waals surface area contributed by atoms with Crippen LogP contribution in [0.5, 0.6) is 0 Å². The lowest BCUT2D eigenvalue weighted by Crippen LogP contribution is -2.48. The lowest BCUT2D eigenvalue weighted by molar-refractivity contribution is -0.120. The van der Waals surface area contributed by atoms with Crippen molar-refractivity contribution >= 4 is 11.6 Å². The van der Waals surface area contributed by atoms with E-state index >= 15 is 0 Å². The summed E-state index contributed by atoms with van der Waals surface area (Å²) in [6, 6.07) is 7.61. The third kappa shape index (κ3) is 1.88. The smallest absolute Gasteiger partial charge is 0.243 e. The number of aryl methyl sites for hydroxylation is 1. The second-order valence-electron chi connectivity index (χ2n) is 4.03. The monoisotopic (exact) mass is 204 g/mol. The number of benzene rings is 1. The van der Waals surface area contributed by atoms with Crippen LogP contribution in [-0.4, -0.2) is 18.5 Å². The number of carbonyl (C=O) groups excluding carboxylic acids is 1. The van der Waals surface area contributed by atoms with Gasteiger partial charge >= 0.3 is 0 Å². The van der Waals surface area contributed by atoms with Gasteiger partial charge in [0, 0.05) is 12.2 Å².